The third kappa shape index (κ3) is 3.18. The Hall–Kier alpha value is -1.84. The molecule has 1 fully saturated rings. The molecule has 1 aromatic carbocycles. The zero-order valence-electron chi connectivity index (χ0n) is 12.3. The highest BCUT2D eigenvalue weighted by atomic mass is 16.2. The van der Waals surface area contributed by atoms with E-state index in [4.69, 9.17) is 0 Å². The molecule has 0 saturated carbocycles. The lowest BCUT2D eigenvalue weighted by atomic mass is 9.99. The Bertz CT molecular complexity index is 485. The van der Waals surface area contributed by atoms with Crippen molar-refractivity contribution in [2.45, 2.75) is 39.3 Å². The highest BCUT2D eigenvalue weighted by Gasteiger charge is 2.38. The number of piperazine rings is 1. The van der Waals surface area contributed by atoms with Gasteiger partial charge in [0.2, 0.25) is 11.8 Å². The Balaban J connectivity index is 2.21. The summed E-state index contributed by atoms with van der Waals surface area (Å²) in [5, 5.41) is 2.77. The Labute approximate surface area is 120 Å². The van der Waals surface area contributed by atoms with Crippen LogP contribution in [-0.4, -0.2) is 35.3 Å². The predicted molar refractivity (Wildman–Crippen MR) is 78.1 cm³/mol. The largest absolute Gasteiger partial charge is 0.343 e. The minimum Gasteiger partial charge on any atom is -0.343 e. The fourth-order valence-electron chi connectivity index (χ4n) is 2.57. The maximum Gasteiger partial charge on any atom is 0.245 e. The number of amides is 2. The summed E-state index contributed by atoms with van der Waals surface area (Å²) < 4.78 is 0. The summed E-state index contributed by atoms with van der Waals surface area (Å²) >= 11 is 0. The molecule has 1 saturated heterocycles. The molecule has 1 aliphatic rings. The molecular formula is C16H22N2O2. The van der Waals surface area contributed by atoms with Crippen molar-refractivity contribution in [1.82, 2.24) is 10.2 Å². The van der Waals surface area contributed by atoms with E-state index in [0.717, 1.165) is 5.56 Å². The van der Waals surface area contributed by atoms with Crippen molar-refractivity contribution < 1.29 is 9.59 Å². The molecular weight excluding hydrogens is 252 g/mol. The minimum atomic E-state index is -0.423. The standard InChI is InChI=1S/C16H22N2O2/c1-11(2)10-18-14(9-13-7-5-4-6-8-13)15(19)17-12(3)16(18)20/h4-8,11-12,14H,9-10H2,1-3H3,(H,17,19). The summed E-state index contributed by atoms with van der Waals surface area (Å²) in [7, 11) is 0. The lowest BCUT2D eigenvalue weighted by Gasteiger charge is -2.39. The first-order valence-corrected chi connectivity index (χ1v) is 7.14. The fraction of sp³-hybridized carbons (Fsp3) is 0.500. The summed E-state index contributed by atoms with van der Waals surface area (Å²) in [5.41, 5.74) is 1.07. The molecule has 1 N–H and O–H groups in total. The quantitative estimate of drug-likeness (QED) is 0.906. The van der Waals surface area contributed by atoms with Gasteiger partial charge in [-0.25, -0.2) is 0 Å². The van der Waals surface area contributed by atoms with Gasteiger partial charge in [0.1, 0.15) is 12.1 Å². The third-order valence-electron chi connectivity index (χ3n) is 3.52. The van der Waals surface area contributed by atoms with Crippen LogP contribution in [0, 0.1) is 5.92 Å². The molecule has 1 aromatic rings. The van der Waals surface area contributed by atoms with Crippen LogP contribution < -0.4 is 5.32 Å². The minimum absolute atomic E-state index is 0.0132. The van der Waals surface area contributed by atoms with E-state index < -0.39 is 12.1 Å². The lowest BCUT2D eigenvalue weighted by molar-refractivity contribution is -0.149. The Morgan fingerprint density at radius 3 is 2.45 bits per heavy atom. The molecule has 20 heavy (non-hydrogen) atoms. The molecule has 0 spiro atoms. The van der Waals surface area contributed by atoms with E-state index >= 15 is 0 Å². The van der Waals surface area contributed by atoms with E-state index in [9.17, 15) is 9.59 Å². The highest BCUT2D eigenvalue weighted by molar-refractivity contribution is 5.96. The molecule has 108 valence electrons. The van der Waals surface area contributed by atoms with Gasteiger partial charge in [0.15, 0.2) is 0 Å². The number of benzene rings is 1. The molecule has 4 nitrogen and oxygen atoms in total. The van der Waals surface area contributed by atoms with Crippen molar-refractivity contribution in [3.05, 3.63) is 35.9 Å². The number of hydrogen-bond acceptors (Lipinski definition) is 2. The first kappa shape index (κ1) is 14.6. The van der Waals surface area contributed by atoms with Crippen molar-refractivity contribution in [2.24, 2.45) is 5.92 Å². The summed E-state index contributed by atoms with van der Waals surface area (Å²) in [6.07, 6.45) is 0.567. The van der Waals surface area contributed by atoms with E-state index in [1.54, 1.807) is 11.8 Å². The van der Waals surface area contributed by atoms with Crippen molar-refractivity contribution in [3.8, 4) is 0 Å². The van der Waals surface area contributed by atoms with Gasteiger partial charge >= 0.3 is 0 Å². The van der Waals surface area contributed by atoms with Gasteiger partial charge < -0.3 is 10.2 Å². The van der Waals surface area contributed by atoms with Crippen molar-refractivity contribution in [3.63, 3.8) is 0 Å². The van der Waals surface area contributed by atoms with E-state index in [1.165, 1.54) is 0 Å². The van der Waals surface area contributed by atoms with Gasteiger partial charge in [-0.1, -0.05) is 44.2 Å². The molecule has 1 heterocycles. The zero-order chi connectivity index (χ0) is 14.7. The normalized spacial score (nSPS) is 23.1. The van der Waals surface area contributed by atoms with Crippen LogP contribution in [0.4, 0.5) is 0 Å². The topological polar surface area (TPSA) is 49.4 Å². The molecule has 0 aliphatic carbocycles. The number of carbonyl (C=O) groups is 2. The summed E-state index contributed by atoms with van der Waals surface area (Å²) in [5.74, 6) is 0.302. The van der Waals surface area contributed by atoms with Gasteiger partial charge in [0.25, 0.3) is 0 Å². The van der Waals surface area contributed by atoms with E-state index in [0.29, 0.717) is 18.9 Å². The SMILES string of the molecule is CC(C)CN1C(=O)C(C)NC(=O)C1Cc1ccccc1. The van der Waals surface area contributed by atoms with Crippen molar-refractivity contribution >= 4 is 11.8 Å². The molecule has 0 radical (unpaired) electrons. The molecule has 2 rings (SSSR count). The monoisotopic (exact) mass is 274 g/mol. The van der Waals surface area contributed by atoms with Gasteiger partial charge in [-0.15, -0.1) is 0 Å². The van der Waals surface area contributed by atoms with Crippen molar-refractivity contribution in [1.29, 1.82) is 0 Å². The van der Waals surface area contributed by atoms with Crippen LogP contribution in [0.15, 0.2) is 30.3 Å². The Kier molecular flexibility index (Phi) is 4.42. The number of carbonyl (C=O) groups excluding carboxylic acids is 2. The molecule has 0 aromatic heterocycles. The smallest absolute Gasteiger partial charge is 0.245 e. The van der Waals surface area contributed by atoms with Crippen LogP contribution in [0.2, 0.25) is 0 Å². The van der Waals surface area contributed by atoms with Crippen LogP contribution in [0.1, 0.15) is 26.3 Å². The van der Waals surface area contributed by atoms with Crippen molar-refractivity contribution in [2.75, 3.05) is 6.54 Å². The van der Waals surface area contributed by atoms with Gasteiger partial charge in [0.05, 0.1) is 0 Å². The van der Waals surface area contributed by atoms with Gasteiger partial charge in [-0.05, 0) is 18.4 Å². The van der Waals surface area contributed by atoms with Crippen LogP contribution in [-0.2, 0) is 16.0 Å². The second kappa shape index (κ2) is 6.07. The first-order valence-electron chi connectivity index (χ1n) is 7.14. The number of hydrogen-bond donors (Lipinski definition) is 1. The van der Waals surface area contributed by atoms with Crippen LogP contribution in [0.25, 0.3) is 0 Å². The number of nitrogens with zero attached hydrogens (tertiary/aromatic N) is 1. The van der Waals surface area contributed by atoms with Gasteiger partial charge in [-0.3, -0.25) is 9.59 Å². The summed E-state index contributed by atoms with van der Waals surface area (Å²) in [4.78, 5) is 26.3. The second-order valence-corrected chi connectivity index (χ2v) is 5.82. The second-order valence-electron chi connectivity index (χ2n) is 5.82. The fourth-order valence-corrected chi connectivity index (χ4v) is 2.57. The van der Waals surface area contributed by atoms with E-state index in [-0.39, 0.29) is 11.8 Å². The Morgan fingerprint density at radius 1 is 1.20 bits per heavy atom. The zero-order valence-corrected chi connectivity index (χ0v) is 12.3. The molecule has 1 aliphatic heterocycles. The molecule has 2 amide bonds. The maximum atomic E-state index is 12.3. The van der Waals surface area contributed by atoms with Crippen LogP contribution >= 0.6 is 0 Å². The first-order chi connectivity index (χ1) is 9.49. The molecule has 2 unspecified atom stereocenters. The Morgan fingerprint density at radius 2 is 1.85 bits per heavy atom. The van der Waals surface area contributed by atoms with Crippen LogP contribution in [0.5, 0.6) is 0 Å². The maximum absolute atomic E-state index is 12.3. The van der Waals surface area contributed by atoms with E-state index in [1.807, 2.05) is 30.3 Å². The molecule has 4 heteroatoms. The predicted octanol–water partition coefficient (Wildman–Crippen LogP) is 1.60. The number of nitrogens with one attached hydrogen (secondary N) is 1. The molecule has 2 atom stereocenters. The van der Waals surface area contributed by atoms with Crippen LogP contribution in [0.3, 0.4) is 0 Å². The van der Waals surface area contributed by atoms with Gasteiger partial charge in [0, 0.05) is 13.0 Å². The third-order valence-corrected chi connectivity index (χ3v) is 3.52. The molecule has 0 bridgehead atoms. The highest BCUT2D eigenvalue weighted by Crippen LogP contribution is 2.17. The average Bonchev–Trinajstić information content (AvgIpc) is 2.41. The van der Waals surface area contributed by atoms with E-state index in [2.05, 4.69) is 19.2 Å². The average molecular weight is 274 g/mol. The summed E-state index contributed by atoms with van der Waals surface area (Å²) in [6, 6.07) is 9.01. The van der Waals surface area contributed by atoms with Gasteiger partial charge in [-0.2, -0.15) is 0 Å². The number of rotatable bonds is 4. The lowest BCUT2D eigenvalue weighted by Crippen LogP contribution is -2.63. The summed E-state index contributed by atoms with van der Waals surface area (Å²) in [6.45, 7) is 6.48.